The van der Waals surface area contributed by atoms with Crippen LogP contribution in [-0.4, -0.2) is 21.7 Å². The fraction of sp³-hybridized carbons (Fsp3) is 0.286. The first kappa shape index (κ1) is 13.8. The van der Waals surface area contributed by atoms with E-state index in [1.165, 1.54) is 0 Å². The van der Waals surface area contributed by atoms with Crippen molar-refractivity contribution in [2.24, 2.45) is 0 Å². The van der Waals surface area contributed by atoms with E-state index < -0.39 is 0 Å². The molecule has 0 radical (unpaired) electrons. The van der Waals surface area contributed by atoms with E-state index >= 15 is 0 Å². The average molecular weight is 278 g/mol. The molecule has 2 aromatic rings. The molecule has 1 aromatic heterocycles. The highest BCUT2D eigenvalue weighted by atomic mass is 35.5. The van der Waals surface area contributed by atoms with Crippen LogP contribution >= 0.6 is 11.6 Å². The largest absolute Gasteiger partial charge is 0.394 e. The minimum Gasteiger partial charge on any atom is -0.394 e. The fourth-order valence-electron chi connectivity index (χ4n) is 1.88. The van der Waals surface area contributed by atoms with Gasteiger partial charge in [-0.3, -0.25) is 0 Å². The van der Waals surface area contributed by atoms with Gasteiger partial charge in [0.25, 0.3) is 0 Å². The zero-order valence-corrected chi connectivity index (χ0v) is 11.6. The quantitative estimate of drug-likeness (QED) is 0.902. The van der Waals surface area contributed by atoms with Crippen LogP contribution in [0.2, 0.25) is 5.02 Å². The highest BCUT2D eigenvalue weighted by molar-refractivity contribution is 6.30. The number of rotatable bonds is 4. The Morgan fingerprint density at radius 1 is 1.16 bits per heavy atom. The standard InChI is InChI=1S/C14H16ClN3O/c1-9-7-10(2)17-14(16-9)18-13(8-19)11-3-5-12(15)6-4-11/h3-7,13,19H,8H2,1-2H3,(H,16,17,18). The second-order valence-corrected chi connectivity index (χ2v) is 4.84. The van der Waals surface area contributed by atoms with Gasteiger partial charge in [-0.2, -0.15) is 0 Å². The highest BCUT2D eigenvalue weighted by Gasteiger charge is 2.12. The highest BCUT2D eigenvalue weighted by Crippen LogP contribution is 2.19. The molecule has 0 spiro atoms. The molecule has 1 unspecified atom stereocenters. The van der Waals surface area contributed by atoms with Crippen molar-refractivity contribution in [1.82, 2.24) is 9.97 Å². The first-order valence-electron chi connectivity index (χ1n) is 6.03. The van der Waals surface area contributed by atoms with E-state index in [2.05, 4.69) is 15.3 Å². The van der Waals surface area contributed by atoms with E-state index in [0.29, 0.717) is 11.0 Å². The van der Waals surface area contributed by atoms with Crippen LogP contribution in [0.25, 0.3) is 0 Å². The second-order valence-electron chi connectivity index (χ2n) is 4.41. The van der Waals surface area contributed by atoms with E-state index in [9.17, 15) is 5.11 Å². The summed E-state index contributed by atoms with van der Waals surface area (Å²) in [7, 11) is 0. The van der Waals surface area contributed by atoms with E-state index in [1.807, 2.05) is 32.0 Å². The summed E-state index contributed by atoms with van der Waals surface area (Å²) in [6, 6.07) is 8.99. The van der Waals surface area contributed by atoms with E-state index in [0.717, 1.165) is 17.0 Å². The van der Waals surface area contributed by atoms with Crippen LogP contribution in [0.3, 0.4) is 0 Å². The SMILES string of the molecule is Cc1cc(C)nc(NC(CO)c2ccc(Cl)cc2)n1. The van der Waals surface area contributed by atoms with Crippen molar-refractivity contribution in [3.8, 4) is 0 Å². The number of aliphatic hydroxyl groups is 1. The molecule has 1 aromatic carbocycles. The molecule has 100 valence electrons. The topological polar surface area (TPSA) is 58.0 Å². The third kappa shape index (κ3) is 3.66. The predicted octanol–water partition coefficient (Wildman–Crippen LogP) is 2.89. The maximum Gasteiger partial charge on any atom is 0.223 e. The minimum atomic E-state index is -0.251. The Labute approximate surface area is 117 Å². The Morgan fingerprint density at radius 3 is 2.26 bits per heavy atom. The lowest BCUT2D eigenvalue weighted by molar-refractivity contribution is 0.276. The molecule has 0 aliphatic carbocycles. The summed E-state index contributed by atoms with van der Waals surface area (Å²) < 4.78 is 0. The number of nitrogens with zero attached hydrogens (tertiary/aromatic N) is 2. The maximum atomic E-state index is 9.50. The van der Waals surface area contributed by atoms with Crippen LogP contribution in [0.5, 0.6) is 0 Å². The summed E-state index contributed by atoms with van der Waals surface area (Å²) in [5.74, 6) is 0.520. The van der Waals surface area contributed by atoms with Gasteiger partial charge in [-0.05, 0) is 37.6 Å². The van der Waals surface area contributed by atoms with Gasteiger partial charge in [0, 0.05) is 16.4 Å². The first-order chi connectivity index (χ1) is 9.08. The molecule has 0 bridgehead atoms. The molecule has 0 amide bonds. The molecule has 19 heavy (non-hydrogen) atoms. The van der Waals surface area contributed by atoms with Crippen LogP contribution in [0.1, 0.15) is 23.0 Å². The van der Waals surface area contributed by atoms with Crippen LogP contribution in [-0.2, 0) is 0 Å². The number of aliphatic hydroxyl groups excluding tert-OH is 1. The molecule has 0 fully saturated rings. The third-order valence-corrected chi connectivity index (χ3v) is 2.99. The van der Waals surface area contributed by atoms with Gasteiger partial charge >= 0.3 is 0 Å². The normalized spacial score (nSPS) is 12.2. The number of hydrogen-bond acceptors (Lipinski definition) is 4. The lowest BCUT2D eigenvalue weighted by atomic mass is 10.1. The second kappa shape index (κ2) is 5.99. The molecule has 4 nitrogen and oxygen atoms in total. The first-order valence-corrected chi connectivity index (χ1v) is 6.41. The van der Waals surface area contributed by atoms with Crippen molar-refractivity contribution in [2.45, 2.75) is 19.9 Å². The number of aryl methyl sites for hydroxylation is 2. The Bertz CT molecular complexity index is 537. The summed E-state index contributed by atoms with van der Waals surface area (Å²) in [4.78, 5) is 8.61. The zero-order chi connectivity index (χ0) is 13.8. The van der Waals surface area contributed by atoms with Crippen molar-refractivity contribution in [2.75, 3.05) is 11.9 Å². The minimum absolute atomic E-state index is 0.0437. The number of benzene rings is 1. The number of hydrogen-bond donors (Lipinski definition) is 2. The van der Waals surface area contributed by atoms with E-state index in [1.54, 1.807) is 12.1 Å². The van der Waals surface area contributed by atoms with Gasteiger partial charge in [0.15, 0.2) is 0 Å². The summed E-state index contributed by atoms with van der Waals surface area (Å²) in [5, 5.41) is 13.3. The van der Waals surface area contributed by atoms with Crippen LogP contribution in [0, 0.1) is 13.8 Å². The Kier molecular flexibility index (Phi) is 4.35. The predicted molar refractivity (Wildman–Crippen MR) is 76.4 cm³/mol. The molecule has 2 N–H and O–H groups in total. The Hall–Kier alpha value is -1.65. The molecule has 2 rings (SSSR count). The molecule has 1 atom stereocenters. The lowest BCUT2D eigenvalue weighted by Crippen LogP contribution is -2.17. The molecule has 0 aliphatic heterocycles. The van der Waals surface area contributed by atoms with Gasteiger partial charge in [-0.25, -0.2) is 9.97 Å². The van der Waals surface area contributed by atoms with Crippen molar-refractivity contribution in [3.63, 3.8) is 0 Å². The van der Waals surface area contributed by atoms with E-state index in [-0.39, 0.29) is 12.6 Å². The smallest absolute Gasteiger partial charge is 0.223 e. The van der Waals surface area contributed by atoms with Crippen molar-refractivity contribution in [3.05, 3.63) is 52.3 Å². The van der Waals surface area contributed by atoms with Gasteiger partial charge in [0.1, 0.15) is 0 Å². The molecular formula is C14H16ClN3O. The van der Waals surface area contributed by atoms with Gasteiger partial charge in [0.2, 0.25) is 5.95 Å². The molecular weight excluding hydrogens is 262 g/mol. The molecule has 0 saturated heterocycles. The van der Waals surface area contributed by atoms with Crippen LogP contribution in [0.4, 0.5) is 5.95 Å². The Morgan fingerprint density at radius 2 is 1.74 bits per heavy atom. The summed E-state index contributed by atoms with van der Waals surface area (Å²) >= 11 is 5.85. The number of anilines is 1. The summed E-state index contributed by atoms with van der Waals surface area (Å²) in [5.41, 5.74) is 2.72. The summed E-state index contributed by atoms with van der Waals surface area (Å²) in [6.45, 7) is 3.78. The monoisotopic (exact) mass is 277 g/mol. The van der Waals surface area contributed by atoms with Gasteiger partial charge in [0.05, 0.1) is 12.6 Å². The summed E-state index contributed by atoms with van der Waals surface area (Å²) in [6.07, 6.45) is 0. The van der Waals surface area contributed by atoms with Crippen molar-refractivity contribution in [1.29, 1.82) is 0 Å². The van der Waals surface area contributed by atoms with Gasteiger partial charge in [-0.15, -0.1) is 0 Å². The van der Waals surface area contributed by atoms with Crippen molar-refractivity contribution >= 4 is 17.5 Å². The zero-order valence-electron chi connectivity index (χ0n) is 10.9. The third-order valence-electron chi connectivity index (χ3n) is 2.74. The van der Waals surface area contributed by atoms with Crippen LogP contribution < -0.4 is 5.32 Å². The molecule has 0 aliphatic rings. The fourth-order valence-corrected chi connectivity index (χ4v) is 2.00. The van der Waals surface area contributed by atoms with Gasteiger partial charge < -0.3 is 10.4 Å². The van der Waals surface area contributed by atoms with E-state index in [4.69, 9.17) is 11.6 Å². The average Bonchev–Trinajstić information content (AvgIpc) is 2.36. The van der Waals surface area contributed by atoms with Gasteiger partial charge in [-0.1, -0.05) is 23.7 Å². The van der Waals surface area contributed by atoms with Crippen LogP contribution in [0.15, 0.2) is 30.3 Å². The number of nitrogens with one attached hydrogen (secondary N) is 1. The van der Waals surface area contributed by atoms with Crippen molar-refractivity contribution < 1.29 is 5.11 Å². The maximum absolute atomic E-state index is 9.50. The number of aromatic nitrogens is 2. The lowest BCUT2D eigenvalue weighted by Gasteiger charge is -2.17. The number of halogens is 1. The molecule has 0 saturated carbocycles. The molecule has 1 heterocycles. The Balaban J connectivity index is 2.21. The molecule has 5 heteroatoms.